The number of fused-ring (bicyclic) bond motifs is 1. The quantitative estimate of drug-likeness (QED) is 0.523. The second-order valence-corrected chi connectivity index (χ2v) is 6.74. The highest BCUT2D eigenvalue weighted by molar-refractivity contribution is 6.04. The molecule has 4 rings (SSSR count). The maximum absolute atomic E-state index is 13.0. The molecule has 1 aliphatic rings. The Morgan fingerprint density at radius 2 is 1.97 bits per heavy atom. The molecule has 0 saturated carbocycles. The van der Waals surface area contributed by atoms with Gasteiger partial charge >= 0.3 is 0 Å². The number of aryl methyl sites for hydroxylation is 1. The molecule has 0 saturated heterocycles. The summed E-state index contributed by atoms with van der Waals surface area (Å²) in [7, 11) is 0. The first-order valence-electron chi connectivity index (χ1n) is 8.93. The summed E-state index contributed by atoms with van der Waals surface area (Å²) < 4.78 is 1.51. The average Bonchev–Trinajstić information content (AvgIpc) is 3.07. The van der Waals surface area contributed by atoms with Crippen LogP contribution in [0.5, 0.6) is 0 Å². The average molecular weight is 391 g/mol. The number of carbonyl (C=O) groups is 2. The summed E-state index contributed by atoms with van der Waals surface area (Å²) in [6.07, 6.45) is 0.0491. The number of aromatic nitrogens is 2. The minimum absolute atomic E-state index is 0.0342. The predicted octanol–water partition coefficient (Wildman–Crippen LogP) is 3.15. The Morgan fingerprint density at radius 1 is 1.24 bits per heavy atom. The van der Waals surface area contributed by atoms with E-state index in [4.69, 9.17) is 0 Å². The van der Waals surface area contributed by atoms with Gasteiger partial charge in [0.25, 0.3) is 5.69 Å². The second kappa shape index (κ2) is 7.19. The number of rotatable bonds is 4. The van der Waals surface area contributed by atoms with Crippen LogP contribution in [0.25, 0.3) is 5.69 Å². The number of hydrogen-bond acceptors (Lipinski definition) is 5. The van der Waals surface area contributed by atoms with Gasteiger partial charge in [0.15, 0.2) is 0 Å². The van der Waals surface area contributed by atoms with Gasteiger partial charge in [-0.2, -0.15) is 5.10 Å². The molecule has 0 fully saturated rings. The third-order valence-electron chi connectivity index (χ3n) is 4.70. The number of benzene rings is 2. The molecule has 1 unspecified atom stereocenters. The first-order chi connectivity index (χ1) is 13.9. The van der Waals surface area contributed by atoms with Gasteiger partial charge in [-0.25, -0.2) is 4.68 Å². The van der Waals surface area contributed by atoms with Crippen molar-refractivity contribution in [1.29, 1.82) is 0 Å². The summed E-state index contributed by atoms with van der Waals surface area (Å²) in [6, 6.07) is 14.8. The standard InChI is InChI=1S/C20H17N5O4/c1-12-10-18(24(23-12)13-6-8-14(9-7-13)25(28)29)22-20(27)16-11-19(26)21-17-5-3-2-4-15(16)17/h2-10,16H,11H2,1H3,(H,21,26)(H,22,27). The number of nitrogens with zero attached hydrogens (tertiary/aromatic N) is 3. The van der Waals surface area contributed by atoms with Crippen molar-refractivity contribution >= 4 is 29.0 Å². The van der Waals surface area contributed by atoms with E-state index >= 15 is 0 Å². The molecule has 3 aromatic rings. The summed E-state index contributed by atoms with van der Waals surface area (Å²) >= 11 is 0. The zero-order valence-corrected chi connectivity index (χ0v) is 15.5. The molecule has 9 nitrogen and oxygen atoms in total. The van der Waals surface area contributed by atoms with Crippen LogP contribution in [0.1, 0.15) is 23.6 Å². The molecule has 1 atom stereocenters. The second-order valence-electron chi connectivity index (χ2n) is 6.74. The van der Waals surface area contributed by atoms with E-state index in [-0.39, 0.29) is 23.9 Å². The van der Waals surface area contributed by atoms with Crippen molar-refractivity contribution in [3.8, 4) is 5.69 Å². The monoisotopic (exact) mass is 391 g/mol. The van der Waals surface area contributed by atoms with Gasteiger partial charge in [-0.05, 0) is 30.7 Å². The van der Waals surface area contributed by atoms with Crippen molar-refractivity contribution in [1.82, 2.24) is 9.78 Å². The van der Waals surface area contributed by atoms with E-state index < -0.39 is 10.8 Å². The molecule has 2 amide bonds. The van der Waals surface area contributed by atoms with E-state index in [1.54, 1.807) is 37.3 Å². The van der Waals surface area contributed by atoms with Crippen molar-refractivity contribution in [2.75, 3.05) is 10.6 Å². The Bertz CT molecular complexity index is 1120. The van der Waals surface area contributed by atoms with E-state index in [1.165, 1.54) is 16.8 Å². The highest BCUT2D eigenvalue weighted by Gasteiger charge is 2.31. The summed E-state index contributed by atoms with van der Waals surface area (Å²) in [6.45, 7) is 1.78. The molecule has 146 valence electrons. The van der Waals surface area contributed by atoms with Crippen LogP contribution in [0.2, 0.25) is 0 Å². The van der Waals surface area contributed by atoms with E-state index in [1.807, 2.05) is 12.1 Å². The first kappa shape index (κ1) is 18.4. The Labute approximate surface area is 165 Å². The van der Waals surface area contributed by atoms with Gasteiger partial charge in [-0.1, -0.05) is 18.2 Å². The SMILES string of the molecule is Cc1cc(NC(=O)C2CC(=O)Nc3ccccc32)n(-c2ccc([N+](=O)[O-])cc2)n1. The minimum atomic E-state index is -0.625. The van der Waals surface area contributed by atoms with Gasteiger partial charge in [0.1, 0.15) is 5.82 Å². The molecule has 2 N–H and O–H groups in total. The minimum Gasteiger partial charge on any atom is -0.326 e. The van der Waals surface area contributed by atoms with Crippen LogP contribution in [0.4, 0.5) is 17.2 Å². The molecule has 29 heavy (non-hydrogen) atoms. The third-order valence-corrected chi connectivity index (χ3v) is 4.70. The van der Waals surface area contributed by atoms with Crippen LogP contribution < -0.4 is 10.6 Å². The number of anilines is 2. The van der Waals surface area contributed by atoms with Crippen molar-refractivity contribution in [3.63, 3.8) is 0 Å². The van der Waals surface area contributed by atoms with Crippen LogP contribution in [-0.4, -0.2) is 26.5 Å². The van der Waals surface area contributed by atoms with Crippen molar-refractivity contribution < 1.29 is 14.5 Å². The van der Waals surface area contributed by atoms with Crippen LogP contribution in [0.3, 0.4) is 0 Å². The fourth-order valence-corrected chi connectivity index (χ4v) is 3.36. The van der Waals surface area contributed by atoms with Gasteiger partial charge < -0.3 is 10.6 Å². The smallest absolute Gasteiger partial charge is 0.269 e. The van der Waals surface area contributed by atoms with Gasteiger partial charge in [-0.15, -0.1) is 0 Å². The topological polar surface area (TPSA) is 119 Å². The van der Waals surface area contributed by atoms with Crippen molar-refractivity contribution in [3.05, 3.63) is 76.0 Å². The molecule has 0 bridgehead atoms. The lowest BCUT2D eigenvalue weighted by molar-refractivity contribution is -0.384. The molecule has 0 radical (unpaired) electrons. The molecule has 2 aromatic carbocycles. The molecular formula is C20H17N5O4. The van der Waals surface area contributed by atoms with Gasteiger partial charge in [0.05, 0.1) is 22.2 Å². The lowest BCUT2D eigenvalue weighted by Gasteiger charge is -2.24. The molecule has 1 aromatic heterocycles. The molecule has 0 spiro atoms. The van der Waals surface area contributed by atoms with Crippen molar-refractivity contribution in [2.24, 2.45) is 0 Å². The Balaban J connectivity index is 1.63. The van der Waals surface area contributed by atoms with Crippen LogP contribution in [0.15, 0.2) is 54.6 Å². The zero-order chi connectivity index (χ0) is 20.5. The number of nitrogens with one attached hydrogen (secondary N) is 2. The predicted molar refractivity (Wildman–Crippen MR) is 106 cm³/mol. The lowest BCUT2D eigenvalue weighted by Crippen LogP contribution is -2.31. The lowest BCUT2D eigenvalue weighted by atomic mass is 9.90. The fraction of sp³-hybridized carbons (Fsp3) is 0.150. The summed E-state index contributed by atoms with van der Waals surface area (Å²) in [4.78, 5) is 35.4. The number of carbonyl (C=O) groups excluding carboxylic acids is 2. The van der Waals surface area contributed by atoms with Gasteiger partial charge in [-0.3, -0.25) is 19.7 Å². The number of nitro groups is 1. The fourth-order valence-electron chi connectivity index (χ4n) is 3.36. The number of nitro benzene ring substituents is 1. The number of para-hydroxylation sites is 1. The number of amides is 2. The van der Waals surface area contributed by atoms with Gasteiger partial charge in [0, 0.05) is 30.3 Å². The Morgan fingerprint density at radius 3 is 2.69 bits per heavy atom. The summed E-state index contributed by atoms with van der Waals surface area (Å²) in [5.74, 6) is -0.746. The Kier molecular flexibility index (Phi) is 4.55. The molecular weight excluding hydrogens is 374 g/mol. The summed E-state index contributed by atoms with van der Waals surface area (Å²) in [5.41, 5.74) is 2.58. The molecule has 0 aliphatic carbocycles. The summed E-state index contributed by atoms with van der Waals surface area (Å²) in [5, 5.41) is 20.8. The Hall–Kier alpha value is -4.01. The number of non-ortho nitro benzene ring substituents is 1. The molecule has 2 heterocycles. The van der Waals surface area contributed by atoms with Crippen molar-refractivity contribution in [2.45, 2.75) is 19.3 Å². The number of hydrogen-bond donors (Lipinski definition) is 2. The van der Waals surface area contributed by atoms with E-state index in [0.717, 1.165) is 5.56 Å². The highest BCUT2D eigenvalue weighted by atomic mass is 16.6. The van der Waals surface area contributed by atoms with E-state index in [0.29, 0.717) is 22.9 Å². The van der Waals surface area contributed by atoms with E-state index in [2.05, 4.69) is 15.7 Å². The maximum Gasteiger partial charge on any atom is 0.269 e. The van der Waals surface area contributed by atoms with Gasteiger partial charge in [0.2, 0.25) is 11.8 Å². The molecule has 1 aliphatic heterocycles. The normalized spacial score (nSPS) is 15.3. The largest absolute Gasteiger partial charge is 0.326 e. The first-order valence-corrected chi connectivity index (χ1v) is 8.93. The highest BCUT2D eigenvalue weighted by Crippen LogP contribution is 2.33. The van der Waals surface area contributed by atoms with Crippen LogP contribution in [-0.2, 0) is 9.59 Å². The molecule has 9 heteroatoms. The maximum atomic E-state index is 13.0. The van der Waals surface area contributed by atoms with E-state index in [9.17, 15) is 19.7 Å². The zero-order valence-electron chi connectivity index (χ0n) is 15.5. The van der Waals surface area contributed by atoms with Crippen LogP contribution in [0, 0.1) is 17.0 Å². The third kappa shape index (κ3) is 3.57. The van der Waals surface area contributed by atoms with Crippen LogP contribution >= 0.6 is 0 Å².